The van der Waals surface area contributed by atoms with Gasteiger partial charge in [0.1, 0.15) is 0 Å². The van der Waals surface area contributed by atoms with Crippen LogP contribution in [-0.4, -0.2) is 0 Å². The number of benzene rings is 2. The summed E-state index contributed by atoms with van der Waals surface area (Å²) in [5, 5.41) is -0.128. The van der Waals surface area contributed by atoms with Crippen LogP contribution in [0, 0.1) is 0 Å². The van der Waals surface area contributed by atoms with Crippen molar-refractivity contribution in [3.63, 3.8) is 0 Å². The highest BCUT2D eigenvalue weighted by Crippen LogP contribution is 2.27. The van der Waals surface area contributed by atoms with Gasteiger partial charge in [-0.25, -0.2) is 0 Å². The maximum absolute atomic E-state index is 13.6. The third-order valence-corrected chi connectivity index (χ3v) is 3.41. The van der Waals surface area contributed by atoms with Gasteiger partial charge in [0.2, 0.25) is 0 Å². The Labute approximate surface area is 112 Å². The minimum atomic E-state index is -0.128. The maximum Gasteiger partial charge on any atom is 0.157 e. The zero-order valence-electron chi connectivity index (χ0n) is 10.1. The Morgan fingerprint density at radius 2 is 1.56 bits per heavy atom. The van der Waals surface area contributed by atoms with Crippen molar-refractivity contribution in [1.29, 1.82) is 0 Å². The van der Waals surface area contributed by atoms with Crippen LogP contribution < -0.4 is 0 Å². The summed E-state index contributed by atoms with van der Waals surface area (Å²) in [6, 6.07) is 19.7. The first-order valence-electron chi connectivity index (χ1n) is 5.97. The summed E-state index contributed by atoms with van der Waals surface area (Å²) >= 11 is 1.17. The van der Waals surface area contributed by atoms with Crippen LogP contribution >= 0.6 is 11.8 Å². The van der Waals surface area contributed by atoms with Crippen molar-refractivity contribution in [2.24, 2.45) is 0 Å². The summed E-state index contributed by atoms with van der Waals surface area (Å²) in [5.41, 5.74) is 1.24. The van der Waals surface area contributed by atoms with Gasteiger partial charge in [0.15, 0.2) is 5.16 Å². The van der Waals surface area contributed by atoms with Gasteiger partial charge in [-0.1, -0.05) is 60.3 Å². The summed E-state index contributed by atoms with van der Waals surface area (Å²) < 4.78 is 13.6. The smallest absolute Gasteiger partial charge is 0.157 e. The lowest BCUT2D eigenvalue weighted by atomic mass is 10.1. The molecule has 2 rings (SSSR count). The Bertz CT molecular complexity index is 491. The van der Waals surface area contributed by atoms with E-state index in [-0.39, 0.29) is 5.16 Å². The molecule has 0 amide bonds. The van der Waals surface area contributed by atoms with Gasteiger partial charge >= 0.3 is 0 Å². The summed E-state index contributed by atoms with van der Waals surface area (Å²) in [4.78, 5) is 0.936. The zero-order valence-corrected chi connectivity index (χ0v) is 10.9. The molecule has 0 aromatic heterocycles. The lowest BCUT2D eigenvalue weighted by Crippen LogP contribution is -1.81. The van der Waals surface area contributed by atoms with Crippen LogP contribution in [0.4, 0.5) is 4.39 Å². The van der Waals surface area contributed by atoms with Crippen molar-refractivity contribution in [1.82, 2.24) is 0 Å². The zero-order chi connectivity index (χ0) is 12.6. The summed E-state index contributed by atoms with van der Waals surface area (Å²) in [6.45, 7) is 0. The van der Waals surface area contributed by atoms with Crippen molar-refractivity contribution in [2.45, 2.75) is 17.7 Å². The Morgan fingerprint density at radius 1 is 0.944 bits per heavy atom. The Hall–Kier alpha value is -1.54. The lowest BCUT2D eigenvalue weighted by molar-refractivity contribution is 0.691. The standard InChI is InChI=1S/C16H15FS/c17-16(18-15-11-5-2-6-12-15)13-7-10-14-8-3-1-4-9-14/h1-6,8-9,11-13H,7,10H2/b16-13+. The highest BCUT2D eigenvalue weighted by molar-refractivity contribution is 8.02. The average molecular weight is 258 g/mol. The quantitative estimate of drug-likeness (QED) is 0.662. The van der Waals surface area contributed by atoms with Gasteiger partial charge in [-0.3, -0.25) is 0 Å². The third kappa shape index (κ3) is 4.38. The fraction of sp³-hybridized carbons (Fsp3) is 0.125. The molecule has 0 aliphatic carbocycles. The molecule has 92 valence electrons. The molecule has 0 spiro atoms. The molecule has 0 radical (unpaired) electrons. The van der Waals surface area contributed by atoms with E-state index in [1.165, 1.54) is 17.3 Å². The van der Waals surface area contributed by atoms with Crippen molar-refractivity contribution in [3.8, 4) is 0 Å². The van der Waals surface area contributed by atoms with Crippen LogP contribution in [0.1, 0.15) is 12.0 Å². The molecule has 0 saturated carbocycles. The molecule has 0 heterocycles. The van der Waals surface area contributed by atoms with E-state index in [0.29, 0.717) is 0 Å². The van der Waals surface area contributed by atoms with E-state index in [1.54, 1.807) is 6.08 Å². The maximum atomic E-state index is 13.6. The molecular weight excluding hydrogens is 243 g/mol. The lowest BCUT2D eigenvalue weighted by Gasteiger charge is -1.99. The molecule has 0 nitrogen and oxygen atoms in total. The van der Waals surface area contributed by atoms with Crippen LogP contribution in [0.3, 0.4) is 0 Å². The molecule has 0 atom stereocenters. The van der Waals surface area contributed by atoms with E-state index in [0.717, 1.165) is 17.7 Å². The van der Waals surface area contributed by atoms with E-state index in [9.17, 15) is 4.39 Å². The van der Waals surface area contributed by atoms with Crippen molar-refractivity contribution >= 4 is 11.8 Å². The molecule has 18 heavy (non-hydrogen) atoms. The minimum Gasteiger partial charge on any atom is -0.199 e. The summed E-state index contributed by atoms with van der Waals surface area (Å²) in [7, 11) is 0. The Morgan fingerprint density at radius 3 is 2.22 bits per heavy atom. The van der Waals surface area contributed by atoms with E-state index in [1.807, 2.05) is 48.5 Å². The summed E-state index contributed by atoms with van der Waals surface area (Å²) in [6.07, 6.45) is 3.27. The fourth-order valence-corrected chi connectivity index (χ4v) is 2.36. The number of allylic oxidation sites excluding steroid dienone is 1. The number of aryl methyl sites for hydroxylation is 1. The number of hydrogen-bond acceptors (Lipinski definition) is 1. The molecule has 0 aliphatic rings. The molecule has 0 fully saturated rings. The molecule has 2 aromatic rings. The fourth-order valence-electron chi connectivity index (χ4n) is 1.64. The van der Waals surface area contributed by atoms with Crippen molar-refractivity contribution in [2.75, 3.05) is 0 Å². The SMILES string of the molecule is F/C(=C\CCc1ccccc1)Sc1ccccc1. The van der Waals surface area contributed by atoms with Crippen LogP contribution in [0.5, 0.6) is 0 Å². The number of hydrogen-bond donors (Lipinski definition) is 0. The number of rotatable bonds is 5. The molecule has 2 heteroatoms. The van der Waals surface area contributed by atoms with Crippen molar-refractivity contribution in [3.05, 3.63) is 77.5 Å². The molecular formula is C16H15FS. The monoisotopic (exact) mass is 258 g/mol. The highest BCUT2D eigenvalue weighted by atomic mass is 32.2. The Balaban J connectivity index is 1.83. The van der Waals surface area contributed by atoms with E-state index in [2.05, 4.69) is 12.1 Å². The highest BCUT2D eigenvalue weighted by Gasteiger charge is 1.98. The van der Waals surface area contributed by atoms with Crippen LogP contribution in [0.2, 0.25) is 0 Å². The van der Waals surface area contributed by atoms with E-state index < -0.39 is 0 Å². The first kappa shape index (κ1) is 12.9. The molecule has 0 saturated heterocycles. The third-order valence-electron chi connectivity index (χ3n) is 2.54. The second-order valence-corrected chi connectivity index (χ2v) is 5.01. The molecule has 0 bridgehead atoms. The second kappa shape index (κ2) is 7.02. The van der Waals surface area contributed by atoms with Gasteiger partial charge in [0, 0.05) is 4.90 Å². The molecule has 0 N–H and O–H groups in total. The first-order chi connectivity index (χ1) is 8.84. The topological polar surface area (TPSA) is 0 Å². The second-order valence-electron chi connectivity index (χ2n) is 3.95. The predicted octanol–water partition coefficient (Wildman–Crippen LogP) is 5.22. The minimum absolute atomic E-state index is 0.128. The molecule has 0 aliphatic heterocycles. The van der Waals surface area contributed by atoms with Crippen LogP contribution in [0.25, 0.3) is 0 Å². The van der Waals surface area contributed by atoms with Crippen molar-refractivity contribution < 1.29 is 4.39 Å². The normalized spacial score (nSPS) is 11.5. The first-order valence-corrected chi connectivity index (χ1v) is 6.79. The average Bonchev–Trinajstić information content (AvgIpc) is 2.41. The van der Waals surface area contributed by atoms with Gasteiger partial charge < -0.3 is 0 Å². The number of halogens is 1. The van der Waals surface area contributed by atoms with Crippen LogP contribution in [-0.2, 0) is 6.42 Å². The van der Waals surface area contributed by atoms with Gasteiger partial charge in [-0.05, 0) is 36.6 Å². The van der Waals surface area contributed by atoms with E-state index >= 15 is 0 Å². The molecule has 2 aromatic carbocycles. The van der Waals surface area contributed by atoms with Gasteiger partial charge in [-0.2, -0.15) is 4.39 Å². The molecule has 0 unspecified atom stereocenters. The van der Waals surface area contributed by atoms with E-state index in [4.69, 9.17) is 0 Å². The van der Waals surface area contributed by atoms with Crippen LogP contribution in [0.15, 0.2) is 76.8 Å². The largest absolute Gasteiger partial charge is 0.199 e. The Kier molecular flexibility index (Phi) is 5.03. The predicted molar refractivity (Wildman–Crippen MR) is 76.3 cm³/mol. The summed E-state index contributed by atoms with van der Waals surface area (Å²) in [5.74, 6) is 0. The van der Waals surface area contributed by atoms with Gasteiger partial charge in [0.25, 0.3) is 0 Å². The number of thioether (sulfide) groups is 1. The van der Waals surface area contributed by atoms with Gasteiger partial charge in [0.05, 0.1) is 0 Å². The van der Waals surface area contributed by atoms with Gasteiger partial charge in [-0.15, -0.1) is 0 Å².